The average Bonchev–Trinajstić information content (AvgIpc) is 3.23. The third-order valence-electron chi connectivity index (χ3n) is 4.62. The maximum Gasteiger partial charge on any atom is 0.287 e. The number of amidine groups is 1. The number of sulfonamides is 1. The van der Waals surface area contributed by atoms with Crippen LogP contribution in [0.5, 0.6) is 0 Å². The monoisotopic (exact) mass is 566 g/mol. The fourth-order valence-electron chi connectivity index (χ4n) is 3.17. The second kappa shape index (κ2) is 9.34. The summed E-state index contributed by atoms with van der Waals surface area (Å²) in [6, 6.07) is 12.4. The van der Waals surface area contributed by atoms with E-state index in [1.54, 1.807) is 25.4 Å². The molecule has 0 radical (unpaired) electrons. The molecule has 0 saturated carbocycles. The number of carbonyl (C=O) groups excluding carboxylic acids is 1. The van der Waals surface area contributed by atoms with Gasteiger partial charge >= 0.3 is 0 Å². The summed E-state index contributed by atoms with van der Waals surface area (Å²) >= 11 is 2.02. The van der Waals surface area contributed by atoms with Gasteiger partial charge in [0.1, 0.15) is 10.6 Å². The van der Waals surface area contributed by atoms with Crippen LogP contribution in [0.15, 0.2) is 58.0 Å². The molecule has 2 N–H and O–H groups in total. The minimum absolute atomic E-state index is 0.0504. The molecule has 0 saturated heterocycles. The molecule has 0 aliphatic carbocycles. The van der Waals surface area contributed by atoms with Crippen LogP contribution in [0, 0.1) is 3.57 Å². The maximum absolute atomic E-state index is 12.6. The lowest BCUT2D eigenvalue weighted by atomic mass is 10.1. The van der Waals surface area contributed by atoms with Crippen molar-refractivity contribution in [2.45, 2.75) is 17.9 Å². The largest absolute Gasteiger partial charge is 0.378 e. The molecule has 1 aliphatic heterocycles. The minimum atomic E-state index is -3.95. The van der Waals surface area contributed by atoms with E-state index in [2.05, 4.69) is 25.2 Å². The van der Waals surface area contributed by atoms with Gasteiger partial charge in [-0.25, -0.2) is 0 Å². The highest BCUT2D eigenvalue weighted by Crippen LogP contribution is 2.28. The Morgan fingerprint density at radius 2 is 2.06 bits per heavy atom. The van der Waals surface area contributed by atoms with Crippen LogP contribution in [0.1, 0.15) is 11.3 Å². The molecular formula is C20H19IN6O4S. The number of methoxy groups -OCH3 is 1. The van der Waals surface area contributed by atoms with Crippen molar-refractivity contribution in [1.29, 1.82) is 0 Å². The second-order valence-corrected chi connectivity index (χ2v) is 9.69. The quantitative estimate of drug-likeness (QED) is 0.419. The van der Waals surface area contributed by atoms with Gasteiger partial charge in [-0.2, -0.15) is 23.4 Å². The first-order valence-electron chi connectivity index (χ1n) is 9.55. The Morgan fingerprint density at radius 1 is 1.25 bits per heavy atom. The van der Waals surface area contributed by atoms with Crippen LogP contribution in [0.25, 0.3) is 5.69 Å². The Kier molecular flexibility index (Phi) is 6.53. The first-order valence-corrected chi connectivity index (χ1v) is 12.1. The van der Waals surface area contributed by atoms with Crippen LogP contribution in [-0.4, -0.2) is 48.8 Å². The summed E-state index contributed by atoms with van der Waals surface area (Å²) in [6.45, 7) is 0.626. The summed E-state index contributed by atoms with van der Waals surface area (Å²) in [5.41, 5.74) is 2.72. The molecule has 0 atom stereocenters. The molecule has 0 fully saturated rings. The van der Waals surface area contributed by atoms with Gasteiger partial charge < -0.3 is 15.4 Å². The van der Waals surface area contributed by atoms with Crippen molar-refractivity contribution in [2.75, 3.05) is 19.0 Å². The number of amides is 1. The van der Waals surface area contributed by atoms with Gasteiger partial charge in [0.25, 0.3) is 15.9 Å². The van der Waals surface area contributed by atoms with E-state index in [0.717, 1.165) is 14.8 Å². The summed E-state index contributed by atoms with van der Waals surface area (Å²) in [5, 5.41) is 14.2. The van der Waals surface area contributed by atoms with Crippen LogP contribution < -0.4 is 10.6 Å². The van der Waals surface area contributed by atoms with Crippen molar-refractivity contribution in [3.63, 3.8) is 0 Å². The number of hydrogen-bond donors (Lipinski definition) is 2. The fraction of sp³-hybridized carbons (Fsp3) is 0.200. The standard InChI is InChI=1S/C20H19IN6O4S/c1-31-12-15-11-23-27(25-15)17-5-3-2-4-13(17)8-9-22-20(28)19-24-16-7-6-14(21)10-18(16)32(29,30)26-19/h2-7,10-11H,8-9,12H2,1H3,(H,22,28)(H,24,26). The van der Waals surface area contributed by atoms with Crippen molar-refractivity contribution in [2.24, 2.45) is 4.40 Å². The second-order valence-electron chi connectivity index (χ2n) is 6.87. The highest BCUT2D eigenvalue weighted by molar-refractivity contribution is 14.1. The summed E-state index contributed by atoms with van der Waals surface area (Å²) in [7, 11) is -2.36. The topological polar surface area (TPSA) is 128 Å². The van der Waals surface area contributed by atoms with Crippen molar-refractivity contribution in [3.05, 3.63) is 63.5 Å². The number of para-hydroxylation sites is 1. The minimum Gasteiger partial charge on any atom is -0.378 e. The predicted octanol–water partition coefficient (Wildman–Crippen LogP) is 1.89. The lowest BCUT2D eigenvalue weighted by molar-refractivity contribution is -0.114. The molecule has 2 aromatic carbocycles. The number of carbonyl (C=O) groups is 1. The zero-order valence-corrected chi connectivity index (χ0v) is 19.9. The molecule has 1 aromatic heterocycles. The van der Waals surface area contributed by atoms with E-state index in [1.165, 1.54) is 10.9 Å². The Balaban J connectivity index is 1.44. The van der Waals surface area contributed by atoms with Gasteiger partial charge in [0.15, 0.2) is 0 Å². The Bertz CT molecular complexity index is 1300. The molecule has 12 heteroatoms. The first kappa shape index (κ1) is 22.4. The van der Waals surface area contributed by atoms with E-state index in [-0.39, 0.29) is 17.3 Å². The molecule has 1 aliphatic rings. The number of nitrogens with one attached hydrogen (secondary N) is 2. The molecule has 4 rings (SSSR count). The number of aromatic nitrogens is 3. The lowest BCUT2D eigenvalue weighted by Gasteiger charge is -2.18. The van der Waals surface area contributed by atoms with E-state index in [1.807, 2.05) is 46.9 Å². The van der Waals surface area contributed by atoms with Crippen LogP contribution >= 0.6 is 22.6 Å². The number of halogens is 1. The number of anilines is 1. The Morgan fingerprint density at radius 3 is 2.88 bits per heavy atom. The summed E-state index contributed by atoms with van der Waals surface area (Å²) < 4.78 is 34.4. The summed E-state index contributed by atoms with van der Waals surface area (Å²) in [5.74, 6) is -0.861. The van der Waals surface area contributed by atoms with Gasteiger partial charge in [-0.15, -0.1) is 4.40 Å². The lowest BCUT2D eigenvalue weighted by Crippen LogP contribution is -2.39. The predicted molar refractivity (Wildman–Crippen MR) is 126 cm³/mol. The van der Waals surface area contributed by atoms with Gasteiger partial charge in [0, 0.05) is 17.2 Å². The summed E-state index contributed by atoms with van der Waals surface area (Å²) in [6.07, 6.45) is 2.12. The van der Waals surface area contributed by atoms with E-state index >= 15 is 0 Å². The molecule has 3 aromatic rings. The molecular weight excluding hydrogens is 547 g/mol. The van der Waals surface area contributed by atoms with Gasteiger partial charge in [-0.1, -0.05) is 18.2 Å². The molecule has 0 unspecified atom stereocenters. The smallest absolute Gasteiger partial charge is 0.287 e. The van der Waals surface area contributed by atoms with Crippen LogP contribution in [0.4, 0.5) is 5.69 Å². The molecule has 1 amide bonds. The van der Waals surface area contributed by atoms with Gasteiger partial charge in [-0.3, -0.25) is 4.79 Å². The number of fused-ring (bicyclic) bond motifs is 1. The number of nitrogens with zero attached hydrogens (tertiary/aromatic N) is 4. The van der Waals surface area contributed by atoms with Gasteiger partial charge in [0.05, 0.1) is 24.2 Å². The Hall–Kier alpha value is -2.84. The molecule has 166 valence electrons. The van der Waals surface area contributed by atoms with Gasteiger partial charge in [0.2, 0.25) is 5.84 Å². The molecule has 10 nitrogen and oxygen atoms in total. The molecule has 2 heterocycles. The van der Waals surface area contributed by atoms with Crippen LogP contribution in [0.2, 0.25) is 0 Å². The zero-order chi connectivity index (χ0) is 22.7. The number of benzene rings is 2. The third kappa shape index (κ3) is 4.81. The van der Waals surface area contributed by atoms with E-state index in [9.17, 15) is 13.2 Å². The van der Waals surface area contributed by atoms with Crippen molar-refractivity contribution < 1.29 is 17.9 Å². The highest BCUT2D eigenvalue weighted by atomic mass is 127. The van der Waals surface area contributed by atoms with E-state index in [4.69, 9.17) is 4.74 Å². The zero-order valence-electron chi connectivity index (χ0n) is 16.9. The van der Waals surface area contributed by atoms with E-state index in [0.29, 0.717) is 24.4 Å². The first-order chi connectivity index (χ1) is 15.4. The molecule has 32 heavy (non-hydrogen) atoms. The summed E-state index contributed by atoms with van der Waals surface area (Å²) in [4.78, 5) is 14.1. The molecule has 0 spiro atoms. The number of rotatable bonds is 7. The average molecular weight is 566 g/mol. The maximum atomic E-state index is 12.6. The van der Waals surface area contributed by atoms with Crippen molar-refractivity contribution >= 4 is 50.0 Å². The number of hydrogen-bond acceptors (Lipinski definition) is 7. The van der Waals surface area contributed by atoms with E-state index < -0.39 is 15.9 Å². The molecule has 0 bridgehead atoms. The Labute approximate surface area is 198 Å². The van der Waals surface area contributed by atoms with Gasteiger partial charge in [-0.05, 0) is 58.8 Å². The third-order valence-corrected chi connectivity index (χ3v) is 6.61. The SMILES string of the molecule is COCc1cnn(-c2ccccc2CCNC(=O)C2=NS(=O)(=O)c3cc(I)ccc3N2)n1. The van der Waals surface area contributed by atoms with Crippen LogP contribution in [0.3, 0.4) is 0 Å². The van der Waals surface area contributed by atoms with Crippen LogP contribution in [-0.2, 0) is 32.6 Å². The highest BCUT2D eigenvalue weighted by Gasteiger charge is 2.28. The fourth-order valence-corrected chi connectivity index (χ4v) is 5.01. The normalized spacial score (nSPS) is 14.2. The van der Waals surface area contributed by atoms with Crippen molar-refractivity contribution in [1.82, 2.24) is 20.3 Å². The number of ether oxygens (including phenoxy) is 1. The van der Waals surface area contributed by atoms with Crippen molar-refractivity contribution in [3.8, 4) is 5.69 Å².